The largest absolute Gasteiger partial charge is 0.472 e. The molecule has 2 heterocycles. The fourth-order valence-electron chi connectivity index (χ4n) is 3.28. The Labute approximate surface area is 116 Å². The molecule has 1 saturated heterocycles. The highest BCUT2D eigenvalue weighted by Gasteiger charge is 2.40. The standard InChI is InChI=1S/C12H18N4O2S/c1-7-3-8-5-16(6-9(8)4-7)11(17)13-10-14-15-12(18-2)19-10/h7-9H,3-6H2,1-2H3,(H,13,14,17)/t7?,8-,9+. The molecular formula is C12H18N4O2S. The number of ether oxygens (including phenoxy) is 1. The minimum absolute atomic E-state index is 0.0687. The molecule has 0 spiro atoms. The summed E-state index contributed by atoms with van der Waals surface area (Å²) in [5.74, 6) is 2.18. The number of nitrogens with one attached hydrogen (secondary N) is 1. The monoisotopic (exact) mass is 282 g/mol. The van der Waals surface area contributed by atoms with Crippen molar-refractivity contribution in [3.8, 4) is 5.19 Å². The number of amides is 2. The van der Waals surface area contributed by atoms with Crippen LogP contribution in [0.5, 0.6) is 5.19 Å². The first kappa shape index (κ1) is 12.7. The average molecular weight is 282 g/mol. The Hall–Kier alpha value is -1.37. The fourth-order valence-corrected chi connectivity index (χ4v) is 3.83. The van der Waals surface area contributed by atoms with Crippen molar-refractivity contribution in [2.75, 3.05) is 25.5 Å². The van der Waals surface area contributed by atoms with Crippen LogP contribution >= 0.6 is 11.3 Å². The Kier molecular flexibility index (Phi) is 3.30. The molecule has 2 aliphatic rings. The van der Waals surface area contributed by atoms with Gasteiger partial charge in [-0.25, -0.2) is 4.79 Å². The number of urea groups is 1. The van der Waals surface area contributed by atoms with Gasteiger partial charge in [0.1, 0.15) is 0 Å². The van der Waals surface area contributed by atoms with Crippen molar-refractivity contribution < 1.29 is 9.53 Å². The zero-order valence-corrected chi connectivity index (χ0v) is 11.9. The normalized spacial score (nSPS) is 29.4. The molecule has 1 aromatic heterocycles. The highest BCUT2D eigenvalue weighted by atomic mass is 32.1. The predicted molar refractivity (Wildman–Crippen MR) is 72.4 cm³/mol. The molecule has 1 saturated carbocycles. The molecule has 7 heteroatoms. The van der Waals surface area contributed by atoms with Crippen molar-refractivity contribution >= 4 is 22.5 Å². The van der Waals surface area contributed by atoms with E-state index in [4.69, 9.17) is 4.74 Å². The zero-order chi connectivity index (χ0) is 13.4. The first-order valence-electron chi connectivity index (χ1n) is 6.59. The molecule has 1 unspecified atom stereocenters. The number of hydrogen-bond acceptors (Lipinski definition) is 5. The van der Waals surface area contributed by atoms with E-state index in [0.29, 0.717) is 22.2 Å². The maximum Gasteiger partial charge on any atom is 0.323 e. The van der Waals surface area contributed by atoms with Crippen LogP contribution < -0.4 is 10.1 Å². The molecule has 0 aromatic carbocycles. The summed E-state index contributed by atoms with van der Waals surface area (Å²) >= 11 is 1.24. The Morgan fingerprint density at radius 2 is 2.05 bits per heavy atom. The van der Waals surface area contributed by atoms with Gasteiger partial charge in [-0.05, 0) is 41.9 Å². The summed E-state index contributed by atoms with van der Waals surface area (Å²) in [6.45, 7) is 4.05. The third-order valence-corrected chi connectivity index (χ3v) is 4.87. The molecule has 1 aliphatic carbocycles. The van der Waals surface area contributed by atoms with Gasteiger partial charge in [0.05, 0.1) is 7.11 Å². The number of nitrogens with zero attached hydrogens (tertiary/aromatic N) is 3. The minimum atomic E-state index is -0.0687. The number of methoxy groups -OCH3 is 1. The van der Waals surface area contributed by atoms with Crippen LogP contribution in [0.4, 0.5) is 9.93 Å². The number of rotatable bonds is 2. The lowest BCUT2D eigenvalue weighted by molar-refractivity contribution is 0.217. The molecule has 1 aliphatic heterocycles. The van der Waals surface area contributed by atoms with Crippen molar-refractivity contribution in [3.63, 3.8) is 0 Å². The lowest BCUT2D eigenvalue weighted by Gasteiger charge is -2.17. The molecule has 0 bridgehead atoms. The van der Waals surface area contributed by atoms with Gasteiger partial charge >= 0.3 is 6.03 Å². The van der Waals surface area contributed by atoms with Gasteiger partial charge in [-0.1, -0.05) is 12.0 Å². The van der Waals surface area contributed by atoms with Gasteiger partial charge in [0.15, 0.2) is 0 Å². The summed E-state index contributed by atoms with van der Waals surface area (Å²) in [5, 5.41) is 11.4. The number of aromatic nitrogens is 2. The van der Waals surface area contributed by atoms with Gasteiger partial charge < -0.3 is 9.64 Å². The highest BCUT2D eigenvalue weighted by molar-refractivity contribution is 7.17. The number of carbonyl (C=O) groups excluding carboxylic acids is 1. The van der Waals surface area contributed by atoms with Crippen molar-refractivity contribution in [1.29, 1.82) is 0 Å². The second kappa shape index (κ2) is 4.96. The van der Waals surface area contributed by atoms with Crippen LogP contribution in [-0.4, -0.2) is 41.3 Å². The minimum Gasteiger partial charge on any atom is -0.472 e. The number of likely N-dealkylation sites (tertiary alicyclic amines) is 1. The van der Waals surface area contributed by atoms with Gasteiger partial charge in [-0.2, -0.15) is 0 Å². The van der Waals surface area contributed by atoms with Crippen molar-refractivity contribution in [1.82, 2.24) is 15.1 Å². The summed E-state index contributed by atoms with van der Waals surface area (Å²) < 4.78 is 4.95. The first-order chi connectivity index (χ1) is 9.15. The SMILES string of the molecule is COc1nnc(NC(=O)N2C[C@H]3CC(C)C[C@H]3C2)s1. The van der Waals surface area contributed by atoms with Gasteiger partial charge in [-0.3, -0.25) is 5.32 Å². The molecule has 104 valence electrons. The first-order valence-corrected chi connectivity index (χ1v) is 7.40. The second-order valence-corrected chi connectivity index (χ2v) is 6.45. The third-order valence-electron chi connectivity index (χ3n) is 4.07. The van der Waals surface area contributed by atoms with Crippen LogP contribution in [0.1, 0.15) is 19.8 Å². The van der Waals surface area contributed by atoms with Crippen molar-refractivity contribution in [2.45, 2.75) is 19.8 Å². The molecule has 1 aromatic rings. The van der Waals surface area contributed by atoms with Crippen LogP contribution in [0.2, 0.25) is 0 Å². The molecule has 2 amide bonds. The molecule has 19 heavy (non-hydrogen) atoms. The summed E-state index contributed by atoms with van der Waals surface area (Å²) in [6, 6.07) is -0.0687. The summed E-state index contributed by atoms with van der Waals surface area (Å²) in [7, 11) is 1.54. The van der Waals surface area contributed by atoms with E-state index in [-0.39, 0.29) is 6.03 Å². The van der Waals surface area contributed by atoms with E-state index in [9.17, 15) is 4.79 Å². The van der Waals surface area contributed by atoms with E-state index in [1.54, 1.807) is 0 Å². The summed E-state index contributed by atoms with van der Waals surface area (Å²) in [6.07, 6.45) is 2.50. The van der Waals surface area contributed by atoms with Gasteiger partial charge in [0, 0.05) is 13.1 Å². The topological polar surface area (TPSA) is 67.4 Å². The van der Waals surface area contributed by atoms with Gasteiger partial charge in [-0.15, -0.1) is 5.10 Å². The maximum atomic E-state index is 12.1. The Bertz CT molecular complexity index is 464. The Morgan fingerprint density at radius 3 is 2.63 bits per heavy atom. The number of fused-ring (bicyclic) bond motifs is 1. The highest BCUT2D eigenvalue weighted by Crippen LogP contribution is 2.41. The molecule has 0 radical (unpaired) electrons. The Balaban J connectivity index is 1.57. The molecule has 2 fully saturated rings. The quantitative estimate of drug-likeness (QED) is 0.901. The lowest BCUT2D eigenvalue weighted by Crippen LogP contribution is -2.33. The number of anilines is 1. The van der Waals surface area contributed by atoms with E-state index >= 15 is 0 Å². The van der Waals surface area contributed by atoms with Crippen molar-refractivity contribution in [2.24, 2.45) is 17.8 Å². The van der Waals surface area contributed by atoms with E-state index in [2.05, 4.69) is 22.4 Å². The number of carbonyl (C=O) groups is 1. The third kappa shape index (κ3) is 2.51. The van der Waals surface area contributed by atoms with Crippen LogP contribution in [0, 0.1) is 17.8 Å². The van der Waals surface area contributed by atoms with E-state index < -0.39 is 0 Å². The Morgan fingerprint density at radius 1 is 1.37 bits per heavy atom. The zero-order valence-electron chi connectivity index (χ0n) is 11.1. The van der Waals surface area contributed by atoms with Gasteiger partial charge in [0.2, 0.25) is 5.13 Å². The predicted octanol–water partition coefficient (Wildman–Crippen LogP) is 2.06. The lowest BCUT2D eigenvalue weighted by atomic mass is 10.0. The van der Waals surface area contributed by atoms with E-state index in [1.165, 1.54) is 31.3 Å². The van der Waals surface area contributed by atoms with Crippen LogP contribution in [0.15, 0.2) is 0 Å². The van der Waals surface area contributed by atoms with E-state index in [0.717, 1.165) is 19.0 Å². The fraction of sp³-hybridized carbons (Fsp3) is 0.750. The molecule has 1 N–H and O–H groups in total. The smallest absolute Gasteiger partial charge is 0.323 e. The van der Waals surface area contributed by atoms with Crippen LogP contribution in [0.3, 0.4) is 0 Å². The van der Waals surface area contributed by atoms with E-state index in [1.807, 2.05) is 4.90 Å². The summed E-state index contributed by atoms with van der Waals surface area (Å²) in [4.78, 5) is 14.0. The average Bonchev–Trinajstić information content (AvgIpc) is 3.02. The summed E-state index contributed by atoms with van der Waals surface area (Å²) in [5.41, 5.74) is 0. The molecule has 3 rings (SSSR count). The van der Waals surface area contributed by atoms with Crippen LogP contribution in [0.25, 0.3) is 0 Å². The van der Waals surface area contributed by atoms with Gasteiger partial charge in [0.25, 0.3) is 5.19 Å². The molecule has 3 atom stereocenters. The van der Waals surface area contributed by atoms with Crippen LogP contribution in [-0.2, 0) is 0 Å². The van der Waals surface area contributed by atoms with Crippen molar-refractivity contribution in [3.05, 3.63) is 0 Å². The molecule has 6 nitrogen and oxygen atoms in total. The molecular weight excluding hydrogens is 264 g/mol. The second-order valence-electron chi connectivity index (χ2n) is 5.51. The maximum absolute atomic E-state index is 12.1. The number of hydrogen-bond donors (Lipinski definition) is 1.